The molecule has 0 aliphatic carbocycles. The summed E-state index contributed by atoms with van der Waals surface area (Å²) in [5, 5.41) is 17.4. The smallest absolute Gasteiger partial charge is 0.234 e. The van der Waals surface area contributed by atoms with Gasteiger partial charge in [-0.25, -0.2) is 4.52 Å². The Morgan fingerprint density at radius 3 is 2.72 bits per heavy atom. The summed E-state index contributed by atoms with van der Waals surface area (Å²) in [6, 6.07) is 15.7. The highest BCUT2D eigenvalue weighted by Crippen LogP contribution is 2.26. The highest BCUT2D eigenvalue weighted by molar-refractivity contribution is 7.99. The fraction of sp³-hybridized carbons (Fsp3) is 0.130. The summed E-state index contributed by atoms with van der Waals surface area (Å²) in [6.45, 7) is 3.93. The normalized spacial score (nSPS) is 11.3. The van der Waals surface area contributed by atoms with Crippen molar-refractivity contribution in [2.24, 2.45) is 0 Å². The van der Waals surface area contributed by atoms with E-state index in [0.717, 1.165) is 22.3 Å². The van der Waals surface area contributed by atoms with E-state index in [1.54, 1.807) is 10.6 Å². The van der Waals surface area contributed by atoms with E-state index < -0.39 is 0 Å². The Morgan fingerprint density at radius 2 is 1.91 bits per heavy atom. The Morgan fingerprint density at radius 1 is 1.09 bits per heavy atom. The van der Waals surface area contributed by atoms with Crippen LogP contribution in [0.4, 0.5) is 5.69 Å². The second kappa shape index (κ2) is 8.29. The second-order valence-corrected chi connectivity index (χ2v) is 8.80. The first kappa shape index (κ1) is 20.5. The third-order valence-corrected chi connectivity index (χ3v) is 6.56. The summed E-state index contributed by atoms with van der Waals surface area (Å²) < 4.78 is 3.67. The molecule has 32 heavy (non-hydrogen) atoms. The van der Waals surface area contributed by atoms with E-state index in [1.165, 1.54) is 17.3 Å². The van der Waals surface area contributed by atoms with Crippen LogP contribution in [0.2, 0.25) is 5.02 Å². The van der Waals surface area contributed by atoms with E-state index in [4.69, 9.17) is 11.6 Å². The number of nitrogens with zero attached hydrogens (tertiary/aromatic N) is 5. The number of amides is 1. The Bertz CT molecular complexity index is 1460. The van der Waals surface area contributed by atoms with Crippen molar-refractivity contribution in [1.29, 1.82) is 0 Å². The molecule has 0 radical (unpaired) electrons. The van der Waals surface area contributed by atoms with Gasteiger partial charge in [0.1, 0.15) is 5.52 Å². The molecule has 5 rings (SSSR count). The first-order valence-corrected chi connectivity index (χ1v) is 11.3. The van der Waals surface area contributed by atoms with Crippen molar-refractivity contribution < 1.29 is 4.79 Å². The van der Waals surface area contributed by atoms with Crippen molar-refractivity contribution in [2.75, 3.05) is 11.1 Å². The van der Waals surface area contributed by atoms with E-state index in [1.807, 2.05) is 41.9 Å². The standard InChI is InChI=1S/C23H19ClN6OS/c1-14-6-8-16(9-7-14)19-12-20-22-26-27-23(29(22)10-11-30(20)28-19)32-13-21(31)25-18-5-3-4-17(24)15(18)2/h3-12H,13H2,1-2H3,(H,25,31). The minimum Gasteiger partial charge on any atom is -0.325 e. The van der Waals surface area contributed by atoms with Gasteiger partial charge in [0.05, 0.1) is 11.4 Å². The maximum absolute atomic E-state index is 12.5. The van der Waals surface area contributed by atoms with Crippen LogP contribution >= 0.6 is 23.4 Å². The molecule has 2 aromatic carbocycles. The Balaban J connectivity index is 1.37. The van der Waals surface area contributed by atoms with Crippen LogP contribution in [0.15, 0.2) is 66.1 Å². The lowest BCUT2D eigenvalue weighted by Crippen LogP contribution is -2.15. The van der Waals surface area contributed by atoms with Gasteiger partial charge in [-0.3, -0.25) is 9.20 Å². The lowest BCUT2D eigenvalue weighted by Gasteiger charge is -2.09. The monoisotopic (exact) mass is 462 g/mol. The highest BCUT2D eigenvalue weighted by atomic mass is 35.5. The molecular formula is C23H19ClN6OS. The van der Waals surface area contributed by atoms with Crippen LogP contribution in [0.1, 0.15) is 11.1 Å². The van der Waals surface area contributed by atoms with Gasteiger partial charge in [0.25, 0.3) is 0 Å². The lowest BCUT2D eigenvalue weighted by atomic mass is 10.1. The Kier molecular flexibility index (Phi) is 5.32. The van der Waals surface area contributed by atoms with Gasteiger partial charge in [-0.1, -0.05) is 59.3 Å². The number of carbonyl (C=O) groups excluding carboxylic acids is 1. The molecule has 3 heterocycles. The summed E-state index contributed by atoms with van der Waals surface area (Å²) in [7, 11) is 0. The van der Waals surface area contributed by atoms with Crippen molar-refractivity contribution >= 4 is 46.1 Å². The SMILES string of the molecule is Cc1ccc(-c2cc3c4nnc(SCC(=O)Nc5cccc(Cl)c5C)n4ccn3n2)cc1. The fourth-order valence-corrected chi connectivity index (χ4v) is 4.31. The number of benzene rings is 2. The van der Waals surface area contributed by atoms with E-state index in [0.29, 0.717) is 21.5 Å². The molecule has 7 nitrogen and oxygen atoms in total. The maximum atomic E-state index is 12.5. The molecule has 1 amide bonds. The molecule has 1 N–H and O–H groups in total. The van der Waals surface area contributed by atoms with E-state index >= 15 is 0 Å². The molecule has 0 fully saturated rings. The first-order chi connectivity index (χ1) is 15.5. The summed E-state index contributed by atoms with van der Waals surface area (Å²) in [5.74, 6) is 0.0652. The van der Waals surface area contributed by atoms with Crippen LogP contribution in [0.3, 0.4) is 0 Å². The zero-order valence-corrected chi connectivity index (χ0v) is 19.0. The maximum Gasteiger partial charge on any atom is 0.234 e. The Hall–Kier alpha value is -3.36. The van der Waals surface area contributed by atoms with Crippen LogP contribution in [-0.4, -0.2) is 35.9 Å². The lowest BCUT2D eigenvalue weighted by molar-refractivity contribution is -0.113. The molecule has 0 spiro atoms. The van der Waals surface area contributed by atoms with E-state index in [-0.39, 0.29) is 11.7 Å². The number of halogens is 1. The molecule has 0 saturated carbocycles. The molecule has 0 aliphatic heterocycles. The second-order valence-electron chi connectivity index (χ2n) is 7.45. The van der Waals surface area contributed by atoms with Crippen LogP contribution in [0, 0.1) is 13.8 Å². The largest absolute Gasteiger partial charge is 0.325 e. The number of hydrogen-bond acceptors (Lipinski definition) is 5. The number of nitrogens with one attached hydrogen (secondary N) is 1. The van der Waals surface area contributed by atoms with Gasteiger partial charge >= 0.3 is 0 Å². The number of rotatable bonds is 5. The third kappa shape index (κ3) is 3.83. The molecule has 0 atom stereocenters. The fourth-order valence-electron chi connectivity index (χ4n) is 3.41. The summed E-state index contributed by atoms with van der Waals surface area (Å²) in [6.07, 6.45) is 3.72. The molecule has 0 saturated heterocycles. The van der Waals surface area contributed by atoms with Gasteiger partial charge in [0.2, 0.25) is 5.91 Å². The molecule has 0 bridgehead atoms. The minimum atomic E-state index is -0.135. The van der Waals surface area contributed by atoms with Gasteiger partial charge in [0.15, 0.2) is 10.8 Å². The zero-order valence-electron chi connectivity index (χ0n) is 17.4. The van der Waals surface area contributed by atoms with Gasteiger partial charge in [-0.05, 0) is 37.6 Å². The molecule has 160 valence electrons. The Labute approximate surface area is 193 Å². The predicted molar refractivity (Wildman–Crippen MR) is 127 cm³/mol. The number of hydrogen-bond donors (Lipinski definition) is 1. The van der Waals surface area contributed by atoms with Crippen molar-refractivity contribution in [3.05, 3.63) is 77.1 Å². The molecular weight excluding hydrogens is 444 g/mol. The van der Waals surface area contributed by atoms with Gasteiger partial charge in [-0.2, -0.15) is 5.10 Å². The van der Waals surface area contributed by atoms with Gasteiger partial charge in [-0.15, -0.1) is 10.2 Å². The molecule has 9 heteroatoms. The number of thioether (sulfide) groups is 1. The quantitative estimate of drug-likeness (QED) is 0.370. The van der Waals surface area contributed by atoms with Crippen LogP contribution < -0.4 is 5.32 Å². The summed E-state index contributed by atoms with van der Waals surface area (Å²) >= 11 is 7.45. The molecule has 0 unspecified atom stereocenters. The summed E-state index contributed by atoms with van der Waals surface area (Å²) in [5.41, 5.74) is 6.19. The van der Waals surface area contributed by atoms with Crippen molar-refractivity contribution in [3.8, 4) is 11.3 Å². The van der Waals surface area contributed by atoms with Crippen molar-refractivity contribution in [2.45, 2.75) is 19.0 Å². The number of carbonyl (C=O) groups is 1. The number of fused-ring (bicyclic) bond motifs is 3. The molecule has 3 aromatic heterocycles. The molecule has 0 aliphatic rings. The van der Waals surface area contributed by atoms with Gasteiger partial charge in [0, 0.05) is 28.7 Å². The predicted octanol–water partition coefficient (Wildman–Crippen LogP) is 5.05. The highest BCUT2D eigenvalue weighted by Gasteiger charge is 2.14. The third-order valence-electron chi connectivity index (χ3n) is 5.21. The number of aromatic nitrogens is 5. The average molecular weight is 463 g/mol. The van der Waals surface area contributed by atoms with Gasteiger partial charge < -0.3 is 5.32 Å². The van der Waals surface area contributed by atoms with E-state index in [2.05, 4.69) is 51.8 Å². The zero-order chi connectivity index (χ0) is 22.2. The number of aryl methyl sites for hydroxylation is 1. The van der Waals surface area contributed by atoms with Crippen molar-refractivity contribution in [1.82, 2.24) is 24.2 Å². The summed E-state index contributed by atoms with van der Waals surface area (Å²) in [4.78, 5) is 12.5. The van der Waals surface area contributed by atoms with Crippen LogP contribution in [0.25, 0.3) is 22.4 Å². The van der Waals surface area contributed by atoms with Crippen molar-refractivity contribution in [3.63, 3.8) is 0 Å². The molecule has 5 aromatic rings. The first-order valence-electron chi connectivity index (χ1n) is 9.97. The van der Waals surface area contributed by atoms with E-state index in [9.17, 15) is 4.79 Å². The number of anilines is 1. The topological polar surface area (TPSA) is 76.6 Å². The average Bonchev–Trinajstić information content (AvgIpc) is 3.40. The van der Waals surface area contributed by atoms with Crippen LogP contribution in [-0.2, 0) is 4.79 Å². The minimum absolute atomic E-state index is 0.135. The van der Waals surface area contributed by atoms with Crippen LogP contribution in [0.5, 0.6) is 0 Å².